The van der Waals surface area contributed by atoms with Crippen molar-refractivity contribution in [3.05, 3.63) is 131 Å². The van der Waals surface area contributed by atoms with Crippen LogP contribution in [0.25, 0.3) is 44.2 Å². The van der Waals surface area contributed by atoms with Gasteiger partial charge in [-0.05, 0) is 108 Å². The third kappa shape index (κ3) is 8.32. The molecule has 12 heteroatoms. The largest absolute Gasteiger partial charge is 0.344 e. The van der Waals surface area contributed by atoms with Gasteiger partial charge in [0.05, 0.1) is 11.6 Å². The first kappa shape index (κ1) is 39.9. The lowest BCUT2D eigenvalue weighted by Crippen LogP contribution is -2.39. The number of hydrogen-bond acceptors (Lipinski definition) is 9. The lowest BCUT2D eigenvalue weighted by atomic mass is 9.85. The summed E-state index contributed by atoms with van der Waals surface area (Å²) < 4.78 is 5.20. The van der Waals surface area contributed by atoms with E-state index in [0.717, 1.165) is 88.7 Å². The number of nitrogens with zero attached hydrogens (tertiary/aromatic N) is 5. The van der Waals surface area contributed by atoms with E-state index in [4.69, 9.17) is 9.51 Å². The zero-order valence-electron chi connectivity index (χ0n) is 35.0. The quantitative estimate of drug-likeness (QED) is 0.116. The van der Waals surface area contributed by atoms with Gasteiger partial charge in [-0.3, -0.25) is 24.8 Å². The molecule has 0 bridgehead atoms. The maximum Gasteiger partial charge on any atom is 0.315 e. The molecule has 0 radical (unpaired) electrons. The third-order valence-electron chi connectivity index (χ3n) is 12.4. The Hall–Kier alpha value is -6.53. The van der Waals surface area contributed by atoms with E-state index in [-0.39, 0.29) is 29.0 Å². The molecule has 1 atom stereocenters. The molecule has 61 heavy (non-hydrogen) atoms. The van der Waals surface area contributed by atoms with Gasteiger partial charge in [0, 0.05) is 47.6 Å². The molecule has 0 saturated carbocycles. The minimum absolute atomic E-state index is 0.0434. The van der Waals surface area contributed by atoms with Gasteiger partial charge >= 0.3 is 11.8 Å². The number of benzene rings is 4. The lowest BCUT2D eigenvalue weighted by Gasteiger charge is -2.32. The number of hydrogen-bond donors (Lipinski definition) is 3. The first-order chi connectivity index (χ1) is 29.5. The molecule has 4 aromatic carbocycles. The molecule has 2 saturated heterocycles. The Labute approximate surface area is 354 Å². The highest BCUT2D eigenvalue weighted by Crippen LogP contribution is 2.35. The number of aryl methyl sites for hydroxylation is 1. The fourth-order valence-corrected chi connectivity index (χ4v) is 8.81. The van der Waals surface area contributed by atoms with E-state index in [1.165, 1.54) is 16.5 Å². The molecule has 7 aromatic rings. The van der Waals surface area contributed by atoms with E-state index in [0.29, 0.717) is 36.8 Å². The minimum atomic E-state index is -0.404. The molecule has 9 rings (SSSR count). The summed E-state index contributed by atoms with van der Waals surface area (Å²) in [5, 5.41) is 20.3. The number of likely N-dealkylation sites (tertiary alicyclic amines) is 1. The summed E-state index contributed by atoms with van der Waals surface area (Å²) >= 11 is 0. The van der Waals surface area contributed by atoms with Gasteiger partial charge in [-0.15, -0.1) is 0 Å². The summed E-state index contributed by atoms with van der Waals surface area (Å²) in [6.45, 7) is 11.3. The van der Waals surface area contributed by atoms with E-state index in [2.05, 4.69) is 103 Å². The molecule has 12 nitrogen and oxygen atoms in total. The van der Waals surface area contributed by atoms with Gasteiger partial charge in [-0.25, -0.2) is 4.98 Å². The Morgan fingerprint density at radius 1 is 0.869 bits per heavy atom. The first-order valence-electron chi connectivity index (χ1n) is 21.2. The normalized spacial score (nSPS) is 16.6. The van der Waals surface area contributed by atoms with Crippen molar-refractivity contribution in [2.24, 2.45) is 0 Å². The van der Waals surface area contributed by atoms with Gasteiger partial charge in [0.2, 0.25) is 11.8 Å². The Balaban J connectivity index is 0.813. The van der Waals surface area contributed by atoms with E-state index in [9.17, 15) is 14.4 Å². The fraction of sp³-hybridized carbons (Fsp3) is 0.327. The van der Waals surface area contributed by atoms with Crippen LogP contribution in [0.3, 0.4) is 0 Å². The number of fused-ring (bicyclic) bond motifs is 2. The topological polar surface area (TPSA) is 159 Å². The average Bonchev–Trinajstić information content (AvgIpc) is 3.95. The molecular weight excluding hydrogens is 765 g/mol. The van der Waals surface area contributed by atoms with Crippen LogP contribution in [0.15, 0.2) is 95.6 Å². The van der Waals surface area contributed by atoms with Crippen LogP contribution in [0.5, 0.6) is 0 Å². The number of pyridine rings is 1. The number of carbonyl (C=O) groups is 3. The fourth-order valence-electron chi connectivity index (χ4n) is 8.81. The van der Waals surface area contributed by atoms with Crippen LogP contribution >= 0.6 is 0 Å². The van der Waals surface area contributed by atoms with Crippen molar-refractivity contribution in [3.8, 4) is 22.4 Å². The summed E-state index contributed by atoms with van der Waals surface area (Å²) in [5.74, 6) is -0.115. The molecule has 3 amide bonds. The summed E-state index contributed by atoms with van der Waals surface area (Å²) in [6.07, 6.45) is 5.99. The second-order valence-electron chi connectivity index (χ2n) is 17.5. The number of aromatic nitrogens is 5. The molecule has 2 aliphatic rings. The van der Waals surface area contributed by atoms with E-state index in [1.54, 1.807) is 0 Å². The predicted octanol–water partition coefficient (Wildman–Crippen LogP) is 8.31. The maximum atomic E-state index is 12.7. The van der Waals surface area contributed by atoms with Crippen molar-refractivity contribution in [3.63, 3.8) is 0 Å². The number of nitrogens with one attached hydrogen (secondary N) is 3. The Kier molecular flexibility index (Phi) is 10.8. The number of imide groups is 1. The van der Waals surface area contributed by atoms with Crippen molar-refractivity contribution >= 4 is 39.5 Å². The van der Waals surface area contributed by atoms with Gasteiger partial charge in [-0.1, -0.05) is 98.7 Å². The number of amides is 3. The zero-order valence-corrected chi connectivity index (χ0v) is 35.0. The molecule has 3 N–H and O–H groups in total. The van der Waals surface area contributed by atoms with Crippen LogP contribution in [0.2, 0.25) is 0 Å². The molecule has 310 valence electrons. The van der Waals surface area contributed by atoms with Crippen molar-refractivity contribution in [1.29, 1.82) is 0 Å². The average molecular weight is 815 g/mol. The smallest absolute Gasteiger partial charge is 0.315 e. The molecular formula is C49H50N8O4. The van der Waals surface area contributed by atoms with Crippen molar-refractivity contribution in [1.82, 2.24) is 40.9 Å². The Morgan fingerprint density at radius 2 is 1.62 bits per heavy atom. The van der Waals surface area contributed by atoms with Crippen LogP contribution in [0.4, 0.5) is 0 Å². The highest BCUT2D eigenvalue weighted by atomic mass is 16.5. The van der Waals surface area contributed by atoms with Crippen LogP contribution < -0.4 is 10.6 Å². The number of piperidine rings is 2. The third-order valence-corrected chi connectivity index (χ3v) is 12.4. The van der Waals surface area contributed by atoms with Gasteiger partial charge in [0.15, 0.2) is 11.5 Å². The van der Waals surface area contributed by atoms with Crippen LogP contribution in [-0.2, 0) is 28.0 Å². The Morgan fingerprint density at radius 3 is 2.36 bits per heavy atom. The molecule has 5 heterocycles. The van der Waals surface area contributed by atoms with Gasteiger partial charge < -0.3 is 14.7 Å². The highest BCUT2D eigenvalue weighted by molar-refractivity contribution is 6.03. The monoisotopic (exact) mass is 814 g/mol. The number of rotatable bonds is 10. The summed E-state index contributed by atoms with van der Waals surface area (Å²) in [5.41, 5.74) is 10.0. The highest BCUT2D eigenvalue weighted by Gasteiger charge is 2.30. The molecule has 0 spiro atoms. The molecule has 2 aliphatic heterocycles. The van der Waals surface area contributed by atoms with Crippen molar-refractivity contribution in [2.75, 3.05) is 19.6 Å². The van der Waals surface area contributed by atoms with Crippen LogP contribution in [0, 0.1) is 6.92 Å². The van der Waals surface area contributed by atoms with Crippen LogP contribution in [-0.4, -0.2) is 67.6 Å². The second kappa shape index (κ2) is 16.5. The van der Waals surface area contributed by atoms with Crippen LogP contribution in [0.1, 0.15) is 103 Å². The molecule has 0 aliphatic carbocycles. The summed E-state index contributed by atoms with van der Waals surface area (Å²) in [4.78, 5) is 48.7. The second-order valence-corrected chi connectivity index (χ2v) is 17.5. The van der Waals surface area contributed by atoms with Gasteiger partial charge in [0.1, 0.15) is 0 Å². The van der Waals surface area contributed by atoms with E-state index >= 15 is 0 Å². The predicted molar refractivity (Wildman–Crippen MR) is 235 cm³/mol. The standard InChI is InChI=1S/C49H50N8O4/c1-29-25-34(13-14-35(29)27-51-46(60)47-53-48(56-61-47)49(2,3)4)43-41-26-36(28-50-44(41)55-54-43)31-11-9-30(10-12-31)32-19-22-57(23-20-32)24-21-33-15-16-39(38-8-6-5-7-37(33)38)40-17-18-42(58)52-45(40)59/h5-16,25-26,28,32,40H,17-24,27H2,1-4H3,(H,51,60)(H,50,54,55)(H,52,58,59). The number of carbonyl (C=O) groups excluding carboxylic acids is 3. The SMILES string of the molecule is Cc1cc(-c2[nH]nc3ncc(-c4ccc(C5CCN(CCc6ccc(C7CCC(=O)NC7=O)c7ccccc67)CC5)cc4)cc23)ccc1CNC(=O)c1nc(C(C)(C)C)no1. The number of H-pyrrole nitrogens is 1. The van der Waals surface area contributed by atoms with Crippen molar-refractivity contribution < 1.29 is 18.9 Å². The van der Waals surface area contributed by atoms with Gasteiger partial charge in [-0.2, -0.15) is 10.1 Å². The maximum absolute atomic E-state index is 12.7. The molecule has 2 fully saturated rings. The summed E-state index contributed by atoms with van der Waals surface area (Å²) in [7, 11) is 0. The van der Waals surface area contributed by atoms with Crippen molar-refractivity contribution in [2.45, 2.75) is 83.6 Å². The molecule has 3 aromatic heterocycles. The lowest BCUT2D eigenvalue weighted by molar-refractivity contribution is -0.134. The number of aromatic amines is 1. The molecule has 1 unspecified atom stereocenters. The van der Waals surface area contributed by atoms with E-state index < -0.39 is 5.91 Å². The summed E-state index contributed by atoms with van der Waals surface area (Å²) in [6, 6.07) is 29.9. The van der Waals surface area contributed by atoms with Gasteiger partial charge in [0.25, 0.3) is 0 Å². The first-order valence-corrected chi connectivity index (χ1v) is 21.2. The van der Waals surface area contributed by atoms with E-state index in [1.807, 2.05) is 52.1 Å². The zero-order chi connectivity index (χ0) is 42.3. The minimum Gasteiger partial charge on any atom is -0.344 e. The Bertz CT molecular complexity index is 2770.